The van der Waals surface area contributed by atoms with Crippen molar-refractivity contribution in [1.82, 2.24) is 0 Å². The highest BCUT2D eigenvalue weighted by molar-refractivity contribution is 7.80. The van der Waals surface area contributed by atoms with Gasteiger partial charge in [0.05, 0.1) is 0 Å². The van der Waals surface area contributed by atoms with Gasteiger partial charge in [-0.1, -0.05) is 12.1 Å². The Bertz CT molecular complexity index is 237. The second-order valence-corrected chi connectivity index (χ2v) is 2.95. The predicted molar refractivity (Wildman–Crippen MR) is 49.7 cm³/mol. The summed E-state index contributed by atoms with van der Waals surface area (Å²) in [6.45, 7) is 0.469. The fourth-order valence-corrected chi connectivity index (χ4v) is 1.13. The van der Waals surface area contributed by atoms with Crippen LogP contribution < -0.4 is 11.5 Å². The van der Waals surface area contributed by atoms with Crippen LogP contribution in [0.1, 0.15) is 11.6 Å². The Morgan fingerprint density at radius 1 is 1.45 bits per heavy atom. The summed E-state index contributed by atoms with van der Waals surface area (Å²) < 4.78 is 0. The first kappa shape index (κ1) is 8.59. The second-order valence-electron chi connectivity index (χ2n) is 2.44. The van der Waals surface area contributed by atoms with Crippen LogP contribution in [0.5, 0.6) is 0 Å². The smallest absolute Gasteiger partial charge is 0.0419 e. The quantitative estimate of drug-likeness (QED) is 0.575. The van der Waals surface area contributed by atoms with E-state index in [2.05, 4.69) is 12.6 Å². The SMILES string of the molecule is NC[C@H](N)c1cccc(S)c1. The van der Waals surface area contributed by atoms with Crippen molar-refractivity contribution in [2.45, 2.75) is 10.9 Å². The third-order valence-electron chi connectivity index (χ3n) is 1.55. The Balaban J connectivity index is 2.86. The van der Waals surface area contributed by atoms with Crippen molar-refractivity contribution < 1.29 is 0 Å². The van der Waals surface area contributed by atoms with Crippen molar-refractivity contribution in [2.24, 2.45) is 11.5 Å². The van der Waals surface area contributed by atoms with E-state index < -0.39 is 0 Å². The largest absolute Gasteiger partial charge is 0.329 e. The molecule has 0 unspecified atom stereocenters. The third kappa shape index (κ3) is 2.22. The van der Waals surface area contributed by atoms with Gasteiger partial charge < -0.3 is 11.5 Å². The van der Waals surface area contributed by atoms with Crippen molar-refractivity contribution in [3.63, 3.8) is 0 Å². The normalized spacial score (nSPS) is 13.0. The van der Waals surface area contributed by atoms with Gasteiger partial charge >= 0.3 is 0 Å². The van der Waals surface area contributed by atoms with E-state index in [1.54, 1.807) is 0 Å². The Labute approximate surface area is 72.0 Å². The first-order chi connectivity index (χ1) is 5.24. The van der Waals surface area contributed by atoms with Crippen molar-refractivity contribution in [3.05, 3.63) is 29.8 Å². The summed E-state index contributed by atoms with van der Waals surface area (Å²) in [4.78, 5) is 0.923. The van der Waals surface area contributed by atoms with Crippen LogP contribution in [-0.2, 0) is 0 Å². The van der Waals surface area contributed by atoms with Gasteiger partial charge in [-0.05, 0) is 17.7 Å². The summed E-state index contributed by atoms with van der Waals surface area (Å²) in [5, 5.41) is 0. The maximum absolute atomic E-state index is 5.70. The Morgan fingerprint density at radius 2 is 2.18 bits per heavy atom. The molecule has 4 N–H and O–H groups in total. The highest BCUT2D eigenvalue weighted by Crippen LogP contribution is 2.13. The van der Waals surface area contributed by atoms with Crippen molar-refractivity contribution >= 4 is 12.6 Å². The van der Waals surface area contributed by atoms with E-state index >= 15 is 0 Å². The van der Waals surface area contributed by atoms with Gasteiger partial charge in [-0.15, -0.1) is 12.6 Å². The summed E-state index contributed by atoms with van der Waals surface area (Å²) in [5.41, 5.74) is 12.2. The molecule has 3 heteroatoms. The molecular formula is C8H12N2S. The molecule has 0 aromatic heterocycles. The molecule has 0 aliphatic carbocycles. The zero-order valence-corrected chi connectivity index (χ0v) is 7.09. The Morgan fingerprint density at radius 3 is 2.73 bits per heavy atom. The summed E-state index contributed by atoms with van der Waals surface area (Å²) >= 11 is 4.19. The fraction of sp³-hybridized carbons (Fsp3) is 0.250. The highest BCUT2D eigenvalue weighted by atomic mass is 32.1. The van der Waals surface area contributed by atoms with E-state index in [0.717, 1.165) is 10.5 Å². The summed E-state index contributed by atoms with van der Waals surface area (Å²) in [7, 11) is 0. The van der Waals surface area contributed by atoms with Crippen LogP contribution in [0, 0.1) is 0 Å². The van der Waals surface area contributed by atoms with Crippen molar-refractivity contribution in [1.29, 1.82) is 0 Å². The topological polar surface area (TPSA) is 52.0 Å². The second kappa shape index (κ2) is 3.76. The minimum atomic E-state index is -0.0675. The van der Waals surface area contributed by atoms with Crippen LogP contribution in [0.3, 0.4) is 0 Å². The standard InChI is InChI=1S/C8H12N2S/c9-5-8(10)6-2-1-3-7(11)4-6/h1-4,8,11H,5,9-10H2/t8-/m0/s1. The van der Waals surface area contributed by atoms with Gasteiger partial charge in [-0.3, -0.25) is 0 Å². The minimum absolute atomic E-state index is 0.0675. The third-order valence-corrected chi connectivity index (χ3v) is 1.83. The Kier molecular flexibility index (Phi) is 2.93. The molecule has 0 spiro atoms. The summed E-state index contributed by atoms with van der Waals surface area (Å²) in [6.07, 6.45) is 0. The van der Waals surface area contributed by atoms with Gasteiger partial charge in [0.15, 0.2) is 0 Å². The zero-order chi connectivity index (χ0) is 8.27. The van der Waals surface area contributed by atoms with E-state index in [9.17, 15) is 0 Å². The van der Waals surface area contributed by atoms with E-state index in [1.165, 1.54) is 0 Å². The summed E-state index contributed by atoms with van der Waals surface area (Å²) in [6, 6.07) is 7.66. The summed E-state index contributed by atoms with van der Waals surface area (Å²) in [5.74, 6) is 0. The molecule has 0 heterocycles. The lowest BCUT2D eigenvalue weighted by Gasteiger charge is -2.08. The maximum Gasteiger partial charge on any atom is 0.0419 e. The lowest BCUT2D eigenvalue weighted by molar-refractivity contribution is 0.735. The molecule has 0 amide bonds. The highest BCUT2D eigenvalue weighted by Gasteiger charge is 2.01. The maximum atomic E-state index is 5.70. The number of hydrogen-bond acceptors (Lipinski definition) is 3. The molecule has 2 nitrogen and oxygen atoms in total. The van der Waals surface area contributed by atoms with Crippen molar-refractivity contribution in [2.75, 3.05) is 6.54 Å². The predicted octanol–water partition coefficient (Wildman–Crippen LogP) is 0.934. The van der Waals surface area contributed by atoms with Crippen molar-refractivity contribution in [3.8, 4) is 0 Å². The molecule has 0 saturated heterocycles. The van der Waals surface area contributed by atoms with Gasteiger partial charge in [0.2, 0.25) is 0 Å². The number of rotatable bonds is 2. The molecule has 0 fully saturated rings. The van der Waals surface area contributed by atoms with Crippen LogP contribution in [0.2, 0.25) is 0 Å². The van der Waals surface area contributed by atoms with Gasteiger partial charge in [0.1, 0.15) is 0 Å². The van der Waals surface area contributed by atoms with Gasteiger partial charge in [-0.25, -0.2) is 0 Å². The van der Waals surface area contributed by atoms with Crippen LogP contribution in [0.4, 0.5) is 0 Å². The molecular weight excluding hydrogens is 156 g/mol. The molecule has 0 bridgehead atoms. The monoisotopic (exact) mass is 168 g/mol. The van der Waals surface area contributed by atoms with Crippen LogP contribution in [0.15, 0.2) is 29.2 Å². The van der Waals surface area contributed by atoms with E-state index in [4.69, 9.17) is 11.5 Å². The molecule has 1 rings (SSSR count). The first-order valence-corrected chi connectivity index (χ1v) is 3.93. The van der Waals surface area contributed by atoms with Gasteiger partial charge in [0, 0.05) is 17.5 Å². The lowest BCUT2D eigenvalue weighted by atomic mass is 10.1. The average molecular weight is 168 g/mol. The number of nitrogens with two attached hydrogens (primary N) is 2. The number of benzene rings is 1. The first-order valence-electron chi connectivity index (χ1n) is 3.48. The van der Waals surface area contributed by atoms with E-state index in [0.29, 0.717) is 6.54 Å². The molecule has 0 aliphatic rings. The molecule has 60 valence electrons. The molecule has 0 aliphatic heterocycles. The lowest BCUT2D eigenvalue weighted by Crippen LogP contribution is -2.20. The molecule has 0 saturated carbocycles. The number of thiol groups is 1. The minimum Gasteiger partial charge on any atom is -0.329 e. The van der Waals surface area contributed by atoms with E-state index in [1.807, 2.05) is 24.3 Å². The average Bonchev–Trinajstić information content (AvgIpc) is 2.03. The fourth-order valence-electron chi connectivity index (χ4n) is 0.892. The molecule has 0 radical (unpaired) electrons. The van der Waals surface area contributed by atoms with Crippen LogP contribution in [-0.4, -0.2) is 6.54 Å². The number of hydrogen-bond donors (Lipinski definition) is 3. The Hall–Kier alpha value is -0.510. The van der Waals surface area contributed by atoms with E-state index in [-0.39, 0.29) is 6.04 Å². The molecule has 1 atom stereocenters. The molecule has 11 heavy (non-hydrogen) atoms. The van der Waals surface area contributed by atoms with Gasteiger partial charge in [-0.2, -0.15) is 0 Å². The zero-order valence-electron chi connectivity index (χ0n) is 6.20. The van der Waals surface area contributed by atoms with Gasteiger partial charge in [0.25, 0.3) is 0 Å². The molecule has 1 aromatic carbocycles. The van der Waals surface area contributed by atoms with Crippen LogP contribution >= 0.6 is 12.6 Å². The molecule has 1 aromatic rings. The van der Waals surface area contributed by atoms with Crippen LogP contribution in [0.25, 0.3) is 0 Å².